The molecule has 1 aliphatic heterocycles. The highest BCUT2D eigenvalue weighted by molar-refractivity contribution is 6.07. The highest BCUT2D eigenvalue weighted by Crippen LogP contribution is 2.30. The quantitative estimate of drug-likeness (QED) is 0.371. The number of likely N-dealkylation sites (N-methyl/N-ethyl adjacent to an activating group) is 1. The van der Waals surface area contributed by atoms with Crippen molar-refractivity contribution in [1.82, 2.24) is 19.8 Å². The lowest BCUT2D eigenvalue weighted by Crippen LogP contribution is -2.45. The number of nitrogens with two attached hydrogens (primary N) is 1. The van der Waals surface area contributed by atoms with Crippen molar-refractivity contribution in [1.29, 1.82) is 0 Å². The van der Waals surface area contributed by atoms with Gasteiger partial charge >= 0.3 is 0 Å². The summed E-state index contributed by atoms with van der Waals surface area (Å²) in [5.74, 6) is 0.928. The predicted molar refractivity (Wildman–Crippen MR) is 145 cm³/mol. The zero-order chi connectivity index (χ0) is 24.2. The molecule has 3 N–H and O–H groups in total. The summed E-state index contributed by atoms with van der Waals surface area (Å²) < 4.78 is 6.02. The minimum atomic E-state index is 0.243. The molecule has 0 radical (unpaired) electrons. The normalized spacial score (nSPS) is 16.2. The van der Waals surface area contributed by atoms with Crippen molar-refractivity contribution in [3.05, 3.63) is 60.3 Å². The van der Waals surface area contributed by atoms with E-state index in [1.165, 1.54) is 21.9 Å². The van der Waals surface area contributed by atoms with Gasteiger partial charge < -0.3 is 20.4 Å². The Hall–Kier alpha value is -2.93. The van der Waals surface area contributed by atoms with Gasteiger partial charge in [0.05, 0.1) is 0 Å². The summed E-state index contributed by atoms with van der Waals surface area (Å²) in [6.07, 6.45) is 3.05. The minimum Gasteiger partial charge on any atom is -0.492 e. The molecule has 0 bridgehead atoms. The van der Waals surface area contributed by atoms with E-state index in [1.807, 2.05) is 0 Å². The summed E-state index contributed by atoms with van der Waals surface area (Å²) in [5, 5.41) is 2.38. The molecule has 5 rings (SSSR count). The second-order valence-corrected chi connectivity index (χ2v) is 9.97. The van der Waals surface area contributed by atoms with E-state index in [0.717, 1.165) is 81.2 Å². The number of hydrogen-bond acceptors (Lipinski definition) is 5. The maximum atomic E-state index is 6.02. The molecule has 0 spiro atoms. The topological polar surface area (TPSA) is 70.4 Å². The van der Waals surface area contributed by atoms with E-state index in [1.54, 1.807) is 0 Å². The maximum Gasteiger partial charge on any atom is 0.138 e. The Kier molecular flexibility index (Phi) is 7.32. The van der Waals surface area contributed by atoms with E-state index < -0.39 is 0 Å². The average molecular weight is 472 g/mol. The van der Waals surface area contributed by atoms with Gasteiger partial charge in [0.15, 0.2) is 0 Å². The largest absolute Gasteiger partial charge is 0.492 e. The fraction of sp³-hybridized carbons (Fsp3) is 0.414. The highest BCUT2D eigenvalue weighted by Gasteiger charge is 2.13. The first-order chi connectivity index (χ1) is 17.0. The van der Waals surface area contributed by atoms with E-state index in [-0.39, 0.29) is 6.04 Å². The van der Waals surface area contributed by atoms with E-state index in [2.05, 4.69) is 83.4 Å². The Bertz CT molecular complexity index is 1260. The van der Waals surface area contributed by atoms with E-state index in [9.17, 15) is 0 Å². The van der Waals surface area contributed by atoms with Crippen molar-refractivity contribution in [2.24, 2.45) is 5.73 Å². The molecule has 2 aromatic heterocycles. The molecule has 35 heavy (non-hydrogen) atoms. The van der Waals surface area contributed by atoms with Crippen LogP contribution in [0.25, 0.3) is 33.1 Å². The number of hydrogen-bond donors (Lipinski definition) is 2. The first-order valence-corrected chi connectivity index (χ1v) is 12.9. The van der Waals surface area contributed by atoms with Crippen LogP contribution in [0.4, 0.5) is 0 Å². The number of pyridine rings is 1. The van der Waals surface area contributed by atoms with Crippen LogP contribution >= 0.6 is 0 Å². The van der Waals surface area contributed by atoms with Crippen LogP contribution in [0.15, 0.2) is 54.6 Å². The molecule has 0 aliphatic carbocycles. The van der Waals surface area contributed by atoms with Gasteiger partial charge in [-0.15, -0.1) is 0 Å². The molecule has 1 atom stereocenters. The maximum absolute atomic E-state index is 6.02. The molecule has 6 nitrogen and oxygen atoms in total. The van der Waals surface area contributed by atoms with E-state index in [4.69, 9.17) is 15.5 Å². The predicted octanol–water partition coefficient (Wildman–Crippen LogP) is 4.68. The lowest BCUT2D eigenvalue weighted by molar-refractivity contribution is 0.134. The fourth-order valence-corrected chi connectivity index (χ4v) is 4.85. The molecular weight excluding hydrogens is 434 g/mol. The van der Waals surface area contributed by atoms with Gasteiger partial charge in [-0.2, -0.15) is 0 Å². The molecular formula is C29H37N5O. The van der Waals surface area contributed by atoms with Crippen LogP contribution < -0.4 is 10.5 Å². The van der Waals surface area contributed by atoms with Crippen LogP contribution in [0.3, 0.4) is 0 Å². The Morgan fingerprint density at radius 1 is 0.971 bits per heavy atom. The van der Waals surface area contributed by atoms with Crippen LogP contribution in [0, 0.1) is 0 Å². The molecule has 1 saturated heterocycles. The van der Waals surface area contributed by atoms with Crippen molar-refractivity contribution >= 4 is 21.9 Å². The molecule has 1 fully saturated rings. The van der Waals surface area contributed by atoms with Crippen molar-refractivity contribution in [3.63, 3.8) is 0 Å². The molecule has 6 heteroatoms. The average Bonchev–Trinajstić information content (AvgIpc) is 3.22. The van der Waals surface area contributed by atoms with Crippen molar-refractivity contribution in [2.45, 2.75) is 32.2 Å². The smallest absolute Gasteiger partial charge is 0.138 e. The van der Waals surface area contributed by atoms with Gasteiger partial charge in [0.1, 0.15) is 18.0 Å². The Balaban J connectivity index is 1.24. The third-order valence-electron chi connectivity index (χ3n) is 7.07. The minimum absolute atomic E-state index is 0.243. The number of H-pyrrole nitrogens is 1. The number of benzene rings is 2. The van der Waals surface area contributed by atoms with Crippen LogP contribution in [0.5, 0.6) is 5.75 Å². The van der Waals surface area contributed by atoms with Gasteiger partial charge in [0.2, 0.25) is 0 Å². The third-order valence-corrected chi connectivity index (χ3v) is 7.07. The van der Waals surface area contributed by atoms with Crippen LogP contribution in [0.2, 0.25) is 0 Å². The Morgan fingerprint density at radius 2 is 1.74 bits per heavy atom. The summed E-state index contributed by atoms with van der Waals surface area (Å²) in [5.41, 5.74) is 11.5. The molecule has 1 aliphatic rings. The standard InChI is InChI=1S/C29H37N5O/c1-21(30)4-3-5-24-9-12-26-27-20-23(8-13-28(27)32-29(26)31-24)22-6-10-25(11-7-22)35-19-18-34-16-14-33(2)15-17-34/h6-13,20-21H,3-5,14-19,30H2,1-2H3,(H,31,32). The van der Waals surface area contributed by atoms with E-state index >= 15 is 0 Å². The summed E-state index contributed by atoms with van der Waals surface area (Å²) in [6.45, 7) is 8.29. The Morgan fingerprint density at radius 3 is 2.51 bits per heavy atom. The number of aromatic amines is 1. The summed E-state index contributed by atoms with van der Waals surface area (Å²) in [4.78, 5) is 13.2. The first-order valence-electron chi connectivity index (χ1n) is 12.9. The lowest BCUT2D eigenvalue weighted by Gasteiger charge is -2.32. The SMILES string of the molecule is CC(N)CCCc1ccc2c(n1)[nH]c1ccc(-c3ccc(OCCN4CCN(C)CC4)cc3)cc12. The molecule has 0 saturated carbocycles. The summed E-state index contributed by atoms with van der Waals surface area (Å²) in [7, 11) is 2.19. The van der Waals surface area contributed by atoms with Gasteiger partial charge in [-0.25, -0.2) is 4.98 Å². The lowest BCUT2D eigenvalue weighted by atomic mass is 10.0. The van der Waals surface area contributed by atoms with Gasteiger partial charge in [-0.1, -0.05) is 18.2 Å². The van der Waals surface area contributed by atoms with Gasteiger partial charge in [-0.05, 0) is 80.8 Å². The third kappa shape index (κ3) is 5.84. The molecule has 3 heterocycles. The molecule has 0 amide bonds. The number of nitrogens with one attached hydrogen (secondary N) is 1. The van der Waals surface area contributed by atoms with E-state index in [0.29, 0.717) is 0 Å². The van der Waals surface area contributed by atoms with Gasteiger partial charge in [0.25, 0.3) is 0 Å². The van der Waals surface area contributed by atoms with Gasteiger partial charge in [0, 0.05) is 60.7 Å². The fourth-order valence-electron chi connectivity index (χ4n) is 4.85. The molecule has 184 valence electrons. The molecule has 1 unspecified atom stereocenters. The monoisotopic (exact) mass is 471 g/mol. The number of fused-ring (bicyclic) bond motifs is 3. The van der Waals surface area contributed by atoms with Crippen molar-refractivity contribution in [2.75, 3.05) is 46.4 Å². The van der Waals surface area contributed by atoms with Crippen LogP contribution in [-0.2, 0) is 6.42 Å². The zero-order valence-electron chi connectivity index (χ0n) is 21.0. The molecule has 4 aromatic rings. The zero-order valence-corrected chi connectivity index (χ0v) is 21.0. The number of ether oxygens (including phenoxy) is 1. The number of aryl methyl sites for hydroxylation is 1. The summed E-state index contributed by atoms with van der Waals surface area (Å²) in [6, 6.07) is 19.6. The Labute approximate surface area is 208 Å². The first kappa shape index (κ1) is 23.8. The second kappa shape index (κ2) is 10.8. The second-order valence-electron chi connectivity index (χ2n) is 9.97. The van der Waals surface area contributed by atoms with Crippen LogP contribution in [0.1, 0.15) is 25.5 Å². The number of rotatable bonds is 9. The van der Waals surface area contributed by atoms with Crippen molar-refractivity contribution in [3.8, 4) is 16.9 Å². The number of piperazine rings is 1. The van der Waals surface area contributed by atoms with Crippen molar-refractivity contribution < 1.29 is 4.74 Å². The summed E-state index contributed by atoms with van der Waals surface area (Å²) >= 11 is 0. The molecule has 2 aromatic carbocycles. The van der Waals surface area contributed by atoms with Gasteiger partial charge in [-0.3, -0.25) is 4.90 Å². The highest BCUT2D eigenvalue weighted by atomic mass is 16.5. The number of nitrogens with zero attached hydrogens (tertiary/aromatic N) is 3. The number of aromatic nitrogens is 2. The van der Waals surface area contributed by atoms with Crippen LogP contribution in [-0.4, -0.2) is 72.2 Å².